The van der Waals surface area contributed by atoms with Gasteiger partial charge in [0.2, 0.25) is 0 Å². The second kappa shape index (κ2) is 9.65. The first-order chi connectivity index (χ1) is 18.1. The maximum atomic E-state index is 11.8. The molecule has 4 fully saturated rings. The minimum absolute atomic E-state index is 0.119. The van der Waals surface area contributed by atoms with Crippen LogP contribution in [0.5, 0.6) is 0 Å². The number of ether oxygens (including phenoxy) is 3. The summed E-state index contributed by atoms with van der Waals surface area (Å²) in [6.07, 6.45) is 3.35. The van der Waals surface area contributed by atoms with E-state index in [0.29, 0.717) is 24.4 Å². The monoisotopic (exact) mass is 534 g/mol. The van der Waals surface area contributed by atoms with Crippen molar-refractivity contribution in [2.45, 2.75) is 102 Å². The fourth-order valence-electron chi connectivity index (χ4n) is 9.37. The van der Waals surface area contributed by atoms with Gasteiger partial charge in [-0.05, 0) is 79.1 Å². The maximum Gasteiger partial charge on any atom is 0.331 e. The summed E-state index contributed by atoms with van der Waals surface area (Å²) in [5.41, 5.74) is 1.98. The predicted molar refractivity (Wildman–Crippen MR) is 134 cm³/mol. The first kappa shape index (κ1) is 26.9. The van der Waals surface area contributed by atoms with E-state index in [4.69, 9.17) is 14.2 Å². The predicted octanol–water partition coefficient (Wildman–Crippen LogP) is 1.20. The Hall–Kier alpha value is -1.33. The zero-order chi connectivity index (χ0) is 27.0. The molecular formula is C29H42O9. The molecule has 9 heteroatoms. The quantitative estimate of drug-likeness (QED) is 0.265. The van der Waals surface area contributed by atoms with E-state index >= 15 is 0 Å². The van der Waals surface area contributed by atoms with Crippen molar-refractivity contribution in [2.24, 2.45) is 34.5 Å². The van der Waals surface area contributed by atoms with Crippen molar-refractivity contribution in [3.8, 4) is 0 Å². The molecule has 212 valence electrons. The lowest BCUT2D eigenvalue weighted by Crippen LogP contribution is -2.60. The van der Waals surface area contributed by atoms with Crippen LogP contribution in [0, 0.1) is 34.5 Å². The van der Waals surface area contributed by atoms with Gasteiger partial charge in [0.1, 0.15) is 31.0 Å². The van der Waals surface area contributed by atoms with Gasteiger partial charge in [0.15, 0.2) is 6.29 Å². The van der Waals surface area contributed by atoms with Gasteiger partial charge in [-0.1, -0.05) is 19.9 Å². The number of cyclic esters (lactones) is 1. The normalized spacial score (nSPS) is 52.4. The van der Waals surface area contributed by atoms with Gasteiger partial charge >= 0.3 is 5.97 Å². The van der Waals surface area contributed by atoms with Crippen LogP contribution in [0.15, 0.2) is 23.3 Å². The van der Waals surface area contributed by atoms with Crippen molar-refractivity contribution in [3.05, 3.63) is 23.3 Å². The number of aliphatic hydroxyl groups excluding tert-OH is 5. The second-order valence-corrected chi connectivity index (χ2v) is 13.1. The zero-order valence-corrected chi connectivity index (χ0v) is 22.2. The van der Waals surface area contributed by atoms with Gasteiger partial charge in [-0.2, -0.15) is 0 Å². The van der Waals surface area contributed by atoms with Crippen LogP contribution in [0.1, 0.15) is 58.8 Å². The Bertz CT molecular complexity index is 1010. The van der Waals surface area contributed by atoms with Crippen molar-refractivity contribution in [1.29, 1.82) is 0 Å². The van der Waals surface area contributed by atoms with Crippen LogP contribution in [0.2, 0.25) is 0 Å². The molecule has 6 aliphatic rings. The Morgan fingerprint density at radius 2 is 1.82 bits per heavy atom. The van der Waals surface area contributed by atoms with Gasteiger partial charge < -0.3 is 39.7 Å². The molecule has 4 aliphatic carbocycles. The Kier molecular flexibility index (Phi) is 6.82. The summed E-state index contributed by atoms with van der Waals surface area (Å²) >= 11 is 0. The minimum Gasteiger partial charge on any atom is -0.458 e. The van der Waals surface area contributed by atoms with E-state index in [-0.39, 0.29) is 28.8 Å². The summed E-state index contributed by atoms with van der Waals surface area (Å²) in [5.74, 6) is 1.16. The molecule has 0 spiro atoms. The average molecular weight is 535 g/mol. The maximum absolute atomic E-state index is 11.8. The molecule has 2 heterocycles. The summed E-state index contributed by atoms with van der Waals surface area (Å²) in [4.78, 5) is 11.8. The number of carbonyl (C=O) groups excluding carboxylic acids is 1. The van der Waals surface area contributed by atoms with Crippen LogP contribution in [-0.4, -0.2) is 87.6 Å². The fourth-order valence-corrected chi connectivity index (χ4v) is 9.37. The molecule has 0 radical (unpaired) electrons. The molecule has 5 N–H and O–H groups in total. The van der Waals surface area contributed by atoms with Crippen LogP contribution in [0.25, 0.3) is 0 Å². The standard InChI is InChI=1S/C29H42O9/c1-28-7-5-16(37-27-26(35)25(34)24(33)21(12-30)38-27)10-15(28)3-4-17-18(28)6-8-29(2)19(11-20(31)23(17)29)14-9-22(32)36-13-14/h9,11,15-18,20-21,23-27,30-31,33-35H,3-8,10,12-13H2,1-2H3/t15-,16+,17-,18+,20?,21-,23?,24-,25+,26-,27?,28+,29-/m1/s1. The first-order valence-corrected chi connectivity index (χ1v) is 14.3. The van der Waals surface area contributed by atoms with E-state index in [1.807, 2.05) is 6.08 Å². The molecule has 13 atom stereocenters. The van der Waals surface area contributed by atoms with Crippen molar-refractivity contribution >= 4 is 5.97 Å². The number of carbonyl (C=O) groups is 1. The van der Waals surface area contributed by atoms with E-state index < -0.39 is 43.4 Å². The van der Waals surface area contributed by atoms with Crippen LogP contribution < -0.4 is 0 Å². The van der Waals surface area contributed by atoms with E-state index in [0.717, 1.165) is 56.1 Å². The highest BCUT2D eigenvalue weighted by Crippen LogP contribution is 2.67. The van der Waals surface area contributed by atoms with Crippen LogP contribution >= 0.6 is 0 Å². The largest absolute Gasteiger partial charge is 0.458 e. The number of esters is 1. The molecule has 0 aromatic carbocycles. The summed E-state index contributed by atoms with van der Waals surface area (Å²) < 4.78 is 17.0. The molecule has 3 saturated carbocycles. The Balaban J connectivity index is 1.15. The lowest BCUT2D eigenvalue weighted by atomic mass is 9.44. The number of fused-ring (bicyclic) bond motifs is 5. The molecule has 38 heavy (non-hydrogen) atoms. The third kappa shape index (κ3) is 4.04. The zero-order valence-electron chi connectivity index (χ0n) is 22.2. The van der Waals surface area contributed by atoms with Crippen molar-refractivity contribution in [1.82, 2.24) is 0 Å². The summed E-state index contributed by atoms with van der Waals surface area (Å²) in [6.45, 7) is 4.49. The average Bonchev–Trinajstić information content (AvgIpc) is 3.44. The van der Waals surface area contributed by atoms with Crippen LogP contribution in [0.4, 0.5) is 0 Å². The molecule has 6 rings (SSSR count). The van der Waals surface area contributed by atoms with Crippen LogP contribution in [0.3, 0.4) is 0 Å². The van der Waals surface area contributed by atoms with Crippen molar-refractivity contribution in [3.63, 3.8) is 0 Å². The van der Waals surface area contributed by atoms with Gasteiger partial charge in [0, 0.05) is 17.6 Å². The van der Waals surface area contributed by atoms with E-state index in [2.05, 4.69) is 13.8 Å². The molecule has 0 amide bonds. The molecule has 1 saturated heterocycles. The lowest BCUT2D eigenvalue weighted by Gasteiger charge is -2.61. The minimum atomic E-state index is -1.44. The van der Waals surface area contributed by atoms with Crippen molar-refractivity contribution < 1.29 is 44.5 Å². The Morgan fingerprint density at radius 1 is 1.03 bits per heavy atom. The smallest absolute Gasteiger partial charge is 0.331 e. The molecular weight excluding hydrogens is 492 g/mol. The highest BCUT2D eigenvalue weighted by Gasteiger charge is 2.61. The SMILES string of the molecule is C[C@]12CC[C@H](OC3O[C@H](CO)[C@@H](O)[C@H](O)[C@H]3O)C[C@H]1CC[C@H]1C3C(O)C=C(C4=CC(=O)OC4)[C@@]3(C)CC[C@@H]12. The summed E-state index contributed by atoms with van der Waals surface area (Å²) in [6, 6.07) is 0. The fraction of sp³-hybridized carbons (Fsp3) is 0.828. The number of hydrogen-bond acceptors (Lipinski definition) is 9. The molecule has 0 aromatic rings. The number of hydrogen-bond donors (Lipinski definition) is 5. The third-order valence-corrected chi connectivity index (χ3v) is 11.4. The molecule has 0 aromatic heterocycles. The van der Waals surface area contributed by atoms with Gasteiger partial charge in [-0.25, -0.2) is 4.79 Å². The van der Waals surface area contributed by atoms with Crippen molar-refractivity contribution in [2.75, 3.05) is 13.2 Å². The Labute approximate surface area is 223 Å². The molecule has 0 bridgehead atoms. The molecule has 9 nitrogen and oxygen atoms in total. The number of aliphatic hydroxyl groups is 5. The van der Waals surface area contributed by atoms with E-state index in [9.17, 15) is 30.3 Å². The third-order valence-electron chi connectivity index (χ3n) is 11.4. The lowest BCUT2D eigenvalue weighted by molar-refractivity contribution is -0.316. The first-order valence-electron chi connectivity index (χ1n) is 14.3. The summed E-state index contributed by atoms with van der Waals surface area (Å²) in [7, 11) is 0. The van der Waals surface area contributed by atoms with Gasteiger partial charge in [0.05, 0.1) is 18.8 Å². The van der Waals surface area contributed by atoms with E-state index in [1.165, 1.54) is 0 Å². The molecule has 3 unspecified atom stereocenters. The van der Waals surface area contributed by atoms with E-state index in [1.54, 1.807) is 6.08 Å². The summed E-state index contributed by atoms with van der Waals surface area (Å²) in [5, 5.41) is 51.5. The second-order valence-electron chi connectivity index (χ2n) is 13.1. The topological polar surface area (TPSA) is 146 Å². The Morgan fingerprint density at radius 3 is 2.53 bits per heavy atom. The van der Waals surface area contributed by atoms with Crippen LogP contribution in [-0.2, 0) is 19.0 Å². The highest BCUT2D eigenvalue weighted by molar-refractivity contribution is 5.86. The van der Waals surface area contributed by atoms with Gasteiger partial charge in [0.25, 0.3) is 0 Å². The van der Waals surface area contributed by atoms with Gasteiger partial charge in [-0.15, -0.1) is 0 Å². The number of rotatable bonds is 4. The highest BCUT2D eigenvalue weighted by atomic mass is 16.7. The van der Waals surface area contributed by atoms with Gasteiger partial charge in [-0.3, -0.25) is 0 Å². The molecule has 2 aliphatic heterocycles.